The second-order valence-corrected chi connectivity index (χ2v) is 5.16. The molecular formula is C15H29N3. The smallest absolute Gasteiger partial charge is 0.109 e. The van der Waals surface area contributed by atoms with E-state index in [9.17, 15) is 0 Å². The first-order valence-electron chi connectivity index (χ1n) is 7.42. The Morgan fingerprint density at radius 3 is 2.33 bits per heavy atom. The minimum absolute atomic E-state index is 0.566. The predicted molar refractivity (Wildman–Crippen MR) is 77.7 cm³/mol. The fourth-order valence-corrected chi connectivity index (χ4v) is 2.75. The number of imidazole rings is 1. The molecule has 18 heavy (non-hydrogen) atoms. The zero-order valence-electron chi connectivity index (χ0n) is 12.4. The van der Waals surface area contributed by atoms with Crippen LogP contribution >= 0.6 is 0 Å². The fraction of sp³-hybridized carbons (Fsp3) is 0.800. The lowest BCUT2D eigenvalue weighted by Crippen LogP contribution is -2.38. The van der Waals surface area contributed by atoms with Crippen molar-refractivity contribution in [3.05, 3.63) is 18.2 Å². The lowest BCUT2D eigenvalue weighted by Gasteiger charge is -2.27. The number of hydrogen-bond donors (Lipinski definition) is 1. The van der Waals surface area contributed by atoms with Crippen LogP contribution in [-0.4, -0.2) is 22.1 Å². The van der Waals surface area contributed by atoms with Crippen LogP contribution in [0.2, 0.25) is 0 Å². The van der Waals surface area contributed by atoms with E-state index in [0.717, 1.165) is 18.9 Å². The van der Waals surface area contributed by atoms with Gasteiger partial charge in [-0.1, -0.05) is 33.6 Å². The molecule has 3 nitrogen and oxygen atoms in total. The minimum atomic E-state index is 0.566. The number of aryl methyl sites for hydroxylation is 1. The molecular weight excluding hydrogens is 222 g/mol. The van der Waals surface area contributed by atoms with Crippen LogP contribution < -0.4 is 5.32 Å². The van der Waals surface area contributed by atoms with Gasteiger partial charge in [0.15, 0.2) is 0 Å². The zero-order chi connectivity index (χ0) is 13.4. The summed E-state index contributed by atoms with van der Waals surface area (Å²) in [4.78, 5) is 4.46. The van der Waals surface area contributed by atoms with Crippen molar-refractivity contribution in [3.8, 4) is 0 Å². The molecule has 1 atom stereocenters. The molecule has 0 aliphatic rings. The molecule has 104 valence electrons. The summed E-state index contributed by atoms with van der Waals surface area (Å²) in [5, 5.41) is 3.66. The van der Waals surface area contributed by atoms with Crippen LogP contribution in [0.3, 0.4) is 0 Å². The van der Waals surface area contributed by atoms with E-state index in [1.54, 1.807) is 0 Å². The Morgan fingerprint density at radius 2 is 1.89 bits per heavy atom. The standard InChI is InChI=1S/C15H29N3/c1-5-8-13(9-6-2)14(16-7-3)12-15-17-10-11-18(15)4/h10-11,13-14,16H,5-9,12H2,1-4H3. The number of likely N-dealkylation sites (N-methyl/N-ethyl adjacent to an activating group) is 1. The summed E-state index contributed by atoms with van der Waals surface area (Å²) in [6.45, 7) is 7.80. The molecule has 0 bridgehead atoms. The molecule has 1 aromatic rings. The van der Waals surface area contributed by atoms with Gasteiger partial charge in [0.2, 0.25) is 0 Å². The Kier molecular flexibility index (Phi) is 7.02. The molecule has 1 aromatic heterocycles. The topological polar surface area (TPSA) is 29.9 Å². The van der Waals surface area contributed by atoms with E-state index < -0.39 is 0 Å². The normalized spacial score (nSPS) is 13.2. The van der Waals surface area contributed by atoms with Crippen LogP contribution in [0.1, 0.15) is 52.3 Å². The van der Waals surface area contributed by atoms with Gasteiger partial charge >= 0.3 is 0 Å². The molecule has 1 N–H and O–H groups in total. The number of nitrogens with zero attached hydrogens (tertiary/aromatic N) is 2. The summed E-state index contributed by atoms with van der Waals surface area (Å²) < 4.78 is 2.14. The van der Waals surface area contributed by atoms with E-state index in [4.69, 9.17) is 0 Å². The number of rotatable bonds is 9. The summed E-state index contributed by atoms with van der Waals surface area (Å²) in [6.07, 6.45) is 10.1. The Bertz CT molecular complexity index is 313. The lowest BCUT2D eigenvalue weighted by atomic mass is 9.88. The third-order valence-corrected chi connectivity index (χ3v) is 3.68. The molecule has 0 amide bonds. The molecule has 0 fully saturated rings. The van der Waals surface area contributed by atoms with Crippen molar-refractivity contribution in [2.24, 2.45) is 13.0 Å². The highest BCUT2D eigenvalue weighted by atomic mass is 15.0. The third-order valence-electron chi connectivity index (χ3n) is 3.68. The SMILES string of the molecule is CCCC(CCC)C(Cc1nccn1C)NCC. The van der Waals surface area contributed by atoms with Crippen LogP contribution in [0.4, 0.5) is 0 Å². The van der Waals surface area contributed by atoms with Crippen LogP contribution in [0.5, 0.6) is 0 Å². The highest BCUT2D eigenvalue weighted by Gasteiger charge is 2.21. The van der Waals surface area contributed by atoms with Crippen molar-refractivity contribution < 1.29 is 0 Å². The second kappa shape index (κ2) is 8.30. The van der Waals surface area contributed by atoms with E-state index in [0.29, 0.717) is 6.04 Å². The summed E-state index contributed by atoms with van der Waals surface area (Å²) in [5.41, 5.74) is 0. The average Bonchev–Trinajstić information content (AvgIpc) is 2.74. The maximum Gasteiger partial charge on any atom is 0.109 e. The largest absolute Gasteiger partial charge is 0.338 e. The number of hydrogen-bond acceptors (Lipinski definition) is 2. The monoisotopic (exact) mass is 251 g/mol. The van der Waals surface area contributed by atoms with E-state index in [-0.39, 0.29) is 0 Å². The molecule has 0 aliphatic carbocycles. The van der Waals surface area contributed by atoms with Crippen LogP contribution in [0.25, 0.3) is 0 Å². The maximum atomic E-state index is 4.46. The summed E-state index contributed by atoms with van der Waals surface area (Å²) in [6, 6.07) is 0.566. The van der Waals surface area contributed by atoms with Crippen LogP contribution in [-0.2, 0) is 13.5 Å². The molecule has 3 heteroatoms. The van der Waals surface area contributed by atoms with Gasteiger partial charge in [-0.3, -0.25) is 0 Å². The zero-order valence-corrected chi connectivity index (χ0v) is 12.4. The molecule has 0 spiro atoms. The molecule has 0 aliphatic heterocycles. The highest BCUT2D eigenvalue weighted by molar-refractivity contribution is 4.96. The van der Waals surface area contributed by atoms with Crippen LogP contribution in [0, 0.1) is 5.92 Å². The van der Waals surface area contributed by atoms with Crippen molar-refractivity contribution in [2.75, 3.05) is 6.54 Å². The van der Waals surface area contributed by atoms with Gasteiger partial charge in [0.05, 0.1) is 0 Å². The van der Waals surface area contributed by atoms with E-state index in [2.05, 4.69) is 42.7 Å². The molecule has 0 saturated carbocycles. The number of nitrogens with one attached hydrogen (secondary N) is 1. The Labute approximate surface area is 112 Å². The molecule has 0 aromatic carbocycles. The predicted octanol–water partition coefficient (Wildman–Crippen LogP) is 3.16. The van der Waals surface area contributed by atoms with Gasteiger partial charge in [-0.15, -0.1) is 0 Å². The summed E-state index contributed by atoms with van der Waals surface area (Å²) in [7, 11) is 2.08. The van der Waals surface area contributed by atoms with Gasteiger partial charge < -0.3 is 9.88 Å². The molecule has 1 unspecified atom stereocenters. The van der Waals surface area contributed by atoms with Gasteiger partial charge in [0.1, 0.15) is 5.82 Å². The molecule has 1 rings (SSSR count). The Hall–Kier alpha value is -0.830. The maximum absolute atomic E-state index is 4.46. The fourth-order valence-electron chi connectivity index (χ4n) is 2.75. The average molecular weight is 251 g/mol. The first-order valence-corrected chi connectivity index (χ1v) is 7.42. The quantitative estimate of drug-likeness (QED) is 0.730. The first kappa shape index (κ1) is 15.2. The van der Waals surface area contributed by atoms with Crippen molar-refractivity contribution >= 4 is 0 Å². The number of aromatic nitrogens is 2. The van der Waals surface area contributed by atoms with Gasteiger partial charge in [-0.2, -0.15) is 0 Å². The first-order chi connectivity index (χ1) is 8.72. The minimum Gasteiger partial charge on any atom is -0.338 e. The Morgan fingerprint density at radius 1 is 1.22 bits per heavy atom. The summed E-state index contributed by atoms with van der Waals surface area (Å²) in [5.74, 6) is 1.97. The highest BCUT2D eigenvalue weighted by Crippen LogP contribution is 2.20. The van der Waals surface area contributed by atoms with Gasteiger partial charge in [0.25, 0.3) is 0 Å². The summed E-state index contributed by atoms with van der Waals surface area (Å²) >= 11 is 0. The Balaban J connectivity index is 2.69. The molecule has 0 radical (unpaired) electrons. The van der Waals surface area contributed by atoms with E-state index >= 15 is 0 Å². The van der Waals surface area contributed by atoms with Crippen molar-refractivity contribution in [1.82, 2.24) is 14.9 Å². The molecule has 1 heterocycles. The molecule has 0 saturated heterocycles. The van der Waals surface area contributed by atoms with E-state index in [1.165, 1.54) is 31.5 Å². The van der Waals surface area contributed by atoms with Crippen molar-refractivity contribution in [3.63, 3.8) is 0 Å². The van der Waals surface area contributed by atoms with Gasteiger partial charge in [-0.25, -0.2) is 4.98 Å². The second-order valence-electron chi connectivity index (χ2n) is 5.16. The van der Waals surface area contributed by atoms with Gasteiger partial charge in [0, 0.05) is 31.9 Å². The lowest BCUT2D eigenvalue weighted by molar-refractivity contribution is 0.307. The van der Waals surface area contributed by atoms with Gasteiger partial charge in [-0.05, 0) is 25.3 Å². The van der Waals surface area contributed by atoms with Crippen LogP contribution in [0.15, 0.2) is 12.4 Å². The van der Waals surface area contributed by atoms with Crippen molar-refractivity contribution in [1.29, 1.82) is 0 Å². The van der Waals surface area contributed by atoms with E-state index in [1.807, 2.05) is 12.4 Å². The van der Waals surface area contributed by atoms with Crippen molar-refractivity contribution in [2.45, 2.75) is 58.9 Å². The third kappa shape index (κ3) is 4.45.